The lowest BCUT2D eigenvalue weighted by atomic mass is 9.76. The molecule has 10 heteroatoms. The molecule has 1 aromatic heterocycles. The second-order valence-electron chi connectivity index (χ2n) is 11.1. The molecule has 43 heavy (non-hydrogen) atoms. The molecular weight excluding hydrogens is 550 g/mol. The Labute approximate surface area is 246 Å². The number of ketones is 1. The van der Waals surface area contributed by atoms with Gasteiger partial charge in [-0.2, -0.15) is 0 Å². The third kappa shape index (κ3) is 5.27. The Bertz CT molecular complexity index is 1800. The van der Waals surface area contributed by atoms with Gasteiger partial charge in [0, 0.05) is 28.6 Å². The Kier molecular flexibility index (Phi) is 7.27. The van der Waals surface area contributed by atoms with Crippen LogP contribution in [-0.4, -0.2) is 40.1 Å². The van der Waals surface area contributed by atoms with Gasteiger partial charge in [0.05, 0.1) is 39.2 Å². The van der Waals surface area contributed by atoms with Crippen molar-refractivity contribution in [1.82, 2.24) is 4.98 Å². The Morgan fingerprint density at radius 1 is 0.953 bits per heavy atom. The summed E-state index contributed by atoms with van der Waals surface area (Å²) in [5, 5.41) is 11.6. The molecule has 2 aliphatic rings. The van der Waals surface area contributed by atoms with Gasteiger partial charge in [0.1, 0.15) is 0 Å². The minimum Gasteiger partial charge on any atom is -0.454 e. The first-order valence-electron chi connectivity index (χ1n) is 14.0. The van der Waals surface area contributed by atoms with Crippen LogP contribution in [0.4, 0.5) is 11.4 Å². The molecule has 1 saturated carbocycles. The summed E-state index contributed by atoms with van der Waals surface area (Å²) in [6.45, 7) is 1.51. The lowest BCUT2D eigenvalue weighted by molar-refractivity contribution is -0.384. The summed E-state index contributed by atoms with van der Waals surface area (Å²) < 4.78 is 5.34. The summed E-state index contributed by atoms with van der Waals surface area (Å²) in [6, 6.07) is 20.7. The van der Waals surface area contributed by atoms with E-state index in [0.717, 1.165) is 25.3 Å². The SMILES string of the molecule is CC1CCC2C(=O)N(c3ccc(-c4cc(C(=O)OCC(=O)c5cccc([N+](=O)[O-])c5)c5ccccc5n4)cc3)C(=O)C2C1. The molecular formula is C33H27N3O7. The average molecular weight is 578 g/mol. The molecule has 2 heterocycles. The van der Waals surface area contributed by atoms with Crippen molar-refractivity contribution < 1.29 is 28.8 Å². The monoisotopic (exact) mass is 577 g/mol. The van der Waals surface area contributed by atoms with Crippen molar-refractivity contribution in [2.75, 3.05) is 11.5 Å². The topological polar surface area (TPSA) is 137 Å². The average Bonchev–Trinajstić information content (AvgIpc) is 3.27. The first-order valence-corrected chi connectivity index (χ1v) is 14.0. The Morgan fingerprint density at radius 3 is 2.47 bits per heavy atom. The van der Waals surface area contributed by atoms with Crippen LogP contribution in [0.2, 0.25) is 0 Å². The van der Waals surface area contributed by atoms with Gasteiger partial charge in [-0.15, -0.1) is 0 Å². The van der Waals surface area contributed by atoms with Crippen molar-refractivity contribution in [3.05, 3.63) is 100 Å². The van der Waals surface area contributed by atoms with Gasteiger partial charge in [-0.25, -0.2) is 9.78 Å². The smallest absolute Gasteiger partial charge is 0.339 e. The van der Waals surface area contributed by atoms with Crippen molar-refractivity contribution in [2.24, 2.45) is 17.8 Å². The van der Waals surface area contributed by atoms with E-state index in [-0.39, 0.29) is 40.5 Å². The molecule has 2 fully saturated rings. The number of pyridine rings is 1. The number of hydrogen-bond donors (Lipinski definition) is 0. The molecule has 3 unspecified atom stereocenters. The van der Waals surface area contributed by atoms with Crippen molar-refractivity contribution in [2.45, 2.75) is 26.2 Å². The molecule has 6 rings (SSSR count). The lowest BCUT2D eigenvalue weighted by Gasteiger charge is -2.25. The van der Waals surface area contributed by atoms with Gasteiger partial charge >= 0.3 is 5.97 Å². The predicted octanol–water partition coefficient (Wildman–Crippen LogP) is 5.78. The van der Waals surface area contributed by atoms with Crippen molar-refractivity contribution >= 4 is 45.8 Å². The van der Waals surface area contributed by atoms with Crippen LogP contribution in [0, 0.1) is 27.9 Å². The van der Waals surface area contributed by atoms with Gasteiger partial charge in [0.2, 0.25) is 17.6 Å². The van der Waals surface area contributed by atoms with Crippen LogP contribution in [0.25, 0.3) is 22.2 Å². The Hall–Kier alpha value is -5.25. The van der Waals surface area contributed by atoms with Gasteiger partial charge < -0.3 is 4.74 Å². The van der Waals surface area contributed by atoms with Gasteiger partial charge in [-0.05, 0) is 49.4 Å². The molecule has 0 radical (unpaired) electrons. The fourth-order valence-electron chi connectivity index (χ4n) is 6.00. The molecule has 1 aliphatic heterocycles. The largest absolute Gasteiger partial charge is 0.454 e. The molecule has 1 aliphatic carbocycles. The van der Waals surface area contributed by atoms with E-state index < -0.39 is 23.3 Å². The number of nitro benzene ring substituents is 1. The normalized spacial score (nSPS) is 19.7. The maximum absolute atomic E-state index is 13.2. The fourth-order valence-corrected chi connectivity index (χ4v) is 6.00. The second-order valence-corrected chi connectivity index (χ2v) is 11.1. The van der Waals surface area contributed by atoms with Crippen LogP contribution < -0.4 is 4.90 Å². The van der Waals surface area contributed by atoms with Crippen LogP contribution in [-0.2, 0) is 14.3 Å². The number of nitrogens with zero attached hydrogens (tertiary/aromatic N) is 3. The number of hydrogen-bond acceptors (Lipinski definition) is 8. The van der Waals surface area contributed by atoms with E-state index in [1.165, 1.54) is 23.1 Å². The quantitative estimate of drug-likeness (QED) is 0.0887. The first kappa shape index (κ1) is 27.9. The van der Waals surface area contributed by atoms with E-state index in [9.17, 15) is 29.3 Å². The minimum atomic E-state index is -0.750. The molecule has 3 aromatic carbocycles. The van der Waals surface area contributed by atoms with Crippen LogP contribution >= 0.6 is 0 Å². The van der Waals surface area contributed by atoms with E-state index >= 15 is 0 Å². The Balaban J connectivity index is 1.24. The fraction of sp³-hybridized carbons (Fsp3) is 0.242. The number of ether oxygens (including phenoxy) is 1. The number of benzene rings is 3. The zero-order chi connectivity index (χ0) is 30.2. The molecule has 216 valence electrons. The number of esters is 1. The molecule has 0 bridgehead atoms. The van der Waals surface area contributed by atoms with E-state index in [0.29, 0.717) is 33.8 Å². The third-order valence-corrected chi connectivity index (χ3v) is 8.26. The lowest BCUT2D eigenvalue weighted by Crippen LogP contribution is -2.30. The van der Waals surface area contributed by atoms with E-state index in [2.05, 4.69) is 6.92 Å². The summed E-state index contributed by atoms with van der Waals surface area (Å²) in [5.41, 5.74) is 2.17. The number of carbonyl (C=O) groups is 4. The zero-order valence-corrected chi connectivity index (χ0v) is 23.3. The van der Waals surface area contributed by atoms with E-state index in [1.807, 2.05) is 0 Å². The maximum Gasteiger partial charge on any atom is 0.339 e. The standard InChI is InChI=1S/C33H27N3O7/c1-19-9-14-25-26(15-19)32(39)35(31(25)38)22-12-10-20(11-13-22)29-17-27(24-7-2-3-8-28(24)34-29)33(40)43-18-30(37)21-5-4-6-23(16-21)36(41)42/h2-8,10-13,16-17,19,25-26H,9,14-15,18H2,1H3. The molecule has 0 spiro atoms. The molecule has 2 amide bonds. The third-order valence-electron chi connectivity index (χ3n) is 8.26. The van der Waals surface area contributed by atoms with Crippen LogP contribution in [0.1, 0.15) is 46.9 Å². The van der Waals surface area contributed by atoms with Crippen molar-refractivity contribution in [3.63, 3.8) is 0 Å². The number of para-hydroxylation sites is 1. The number of anilines is 1. The van der Waals surface area contributed by atoms with E-state index in [4.69, 9.17) is 9.72 Å². The summed E-state index contributed by atoms with van der Waals surface area (Å²) in [6.07, 6.45) is 2.39. The van der Waals surface area contributed by atoms with Crippen LogP contribution in [0.15, 0.2) is 78.9 Å². The number of non-ortho nitro benzene ring substituents is 1. The number of Topliss-reactive ketones (excluding diaryl/α,β-unsaturated/α-hetero) is 1. The molecule has 0 N–H and O–H groups in total. The van der Waals surface area contributed by atoms with Gasteiger partial charge in [-0.1, -0.05) is 49.4 Å². The summed E-state index contributed by atoms with van der Waals surface area (Å²) in [7, 11) is 0. The number of rotatable bonds is 7. The summed E-state index contributed by atoms with van der Waals surface area (Å²) in [4.78, 5) is 68.5. The van der Waals surface area contributed by atoms with E-state index in [1.54, 1.807) is 54.6 Å². The number of imide groups is 1. The second kappa shape index (κ2) is 11.2. The van der Waals surface area contributed by atoms with Crippen LogP contribution in [0.3, 0.4) is 0 Å². The molecule has 1 saturated heterocycles. The number of aromatic nitrogens is 1. The Morgan fingerprint density at radius 2 is 1.70 bits per heavy atom. The number of fused-ring (bicyclic) bond motifs is 2. The van der Waals surface area contributed by atoms with Crippen molar-refractivity contribution in [3.8, 4) is 11.3 Å². The highest BCUT2D eigenvalue weighted by Gasteiger charge is 2.49. The highest BCUT2D eigenvalue weighted by atomic mass is 16.6. The van der Waals surface area contributed by atoms with Gasteiger partial charge in [-0.3, -0.25) is 29.4 Å². The minimum absolute atomic E-state index is 0.0612. The molecule has 3 atom stereocenters. The highest BCUT2D eigenvalue weighted by Crippen LogP contribution is 2.42. The van der Waals surface area contributed by atoms with Gasteiger partial charge in [0.25, 0.3) is 5.69 Å². The zero-order valence-electron chi connectivity index (χ0n) is 23.3. The number of carbonyl (C=O) groups excluding carboxylic acids is 4. The number of nitro groups is 1. The summed E-state index contributed by atoms with van der Waals surface area (Å²) >= 11 is 0. The van der Waals surface area contributed by atoms with Gasteiger partial charge in [0.15, 0.2) is 6.61 Å². The predicted molar refractivity (Wildman–Crippen MR) is 157 cm³/mol. The highest BCUT2D eigenvalue weighted by molar-refractivity contribution is 6.22. The molecule has 4 aromatic rings. The van der Waals surface area contributed by atoms with Crippen molar-refractivity contribution in [1.29, 1.82) is 0 Å². The first-order chi connectivity index (χ1) is 20.7. The summed E-state index contributed by atoms with van der Waals surface area (Å²) in [5.74, 6) is -1.74. The number of amides is 2. The van der Waals surface area contributed by atoms with Crippen LogP contribution in [0.5, 0.6) is 0 Å². The molecule has 10 nitrogen and oxygen atoms in total. The maximum atomic E-state index is 13.2.